The van der Waals surface area contributed by atoms with Crippen LogP contribution in [-0.2, 0) is 0 Å². The third kappa shape index (κ3) is 4.49. The number of hydrogen-bond donors (Lipinski definition) is 1. The smallest absolute Gasteiger partial charge is 0.257 e. The van der Waals surface area contributed by atoms with Gasteiger partial charge in [0, 0.05) is 23.2 Å². The molecule has 132 valence electrons. The minimum Gasteiger partial charge on any atom is -0.370 e. The minimum absolute atomic E-state index is 0.262. The number of nitrogens with one attached hydrogen (secondary N) is 1. The Morgan fingerprint density at radius 3 is 2.52 bits per heavy atom. The maximum absolute atomic E-state index is 12.5. The Kier molecular flexibility index (Phi) is 5.92. The van der Waals surface area contributed by atoms with Crippen molar-refractivity contribution < 1.29 is 4.79 Å². The molecular weight excluding hydrogens is 423 g/mol. The van der Waals surface area contributed by atoms with E-state index in [0.717, 1.165) is 29.2 Å². The second-order valence-electron chi connectivity index (χ2n) is 6.41. The van der Waals surface area contributed by atoms with Gasteiger partial charge in [0.1, 0.15) is 0 Å². The molecule has 0 aliphatic carbocycles. The second kappa shape index (κ2) is 7.98. The van der Waals surface area contributed by atoms with E-state index >= 15 is 0 Å². The summed E-state index contributed by atoms with van der Waals surface area (Å²) in [5, 5.41) is 3.91. The fraction of sp³-hybridized carbons (Fsp3) is 0.316. The molecule has 0 radical (unpaired) electrons. The molecular formula is C19H19BrCl2N2O. The molecule has 0 spiro atoms. The Labute approximate surface area is 166 Å². The van der Waals surface area contributed by atoms with E-state index in [0.29, 0.717) is 21.3 Å². The van der Waals surface area contributed by atoms with Gasteiger partial charge in [-0.15, -0.1) is 0 Å². The van der Waals surface area contributed by atoms with E-state index in [4.69, 9.17) is 23.2 Å². The van der Waals surface area contributed by atoms with Crippen LogP contribution in [0.2, 0.25) is 10.0 Å². The zero-order valence-corrected chi connectivity index (χ0v) is 17.0. The van der Waals surface area contributed by atoms with Crippen LogP contribution in [0.1, 0.15) is 30.1 Å². The molecule has 0 atom stereocenters. The highest BCUT2D eigenvalue weighted by atomic mass is 79.9. The van der Waals surface area contributed by atoms with Crippen molar-refractivity contribution in [1.29, 1.82) is 0 Å². The van der Waals surface area contributed by atoms with Crippen molar-refractivity contribution in [3.8, 4) is 0 Å². The Bertz CT molecular complexity index is 789. The highest BCUT2D eigenvalue weighted by Gasteiger charge is 2.18. The van der Waals surface area contributed by atoms with E-state index in [1.165, 1.54) is 12.8 Å². The van der Waals surface area contributed by atoms with Gasteiger partial charge in [0.05, 0.1) is 21.3 Å². The summed E-state index contributed by atoms with van der Waals surface area (Å²) in [7, 11) is 0. The Morgan fingerprint density at radius 1 is 1.12 bits per heavy atom. The summed E-state index contributed by atoms with van der Waals surface area (Å²) in [4.78, 5) is 14.8. The van der Waals surface area contributed by atoms with E-state index in [-0.39, 0.29) is 5.91 Å². The normalized spacial score (nSPS) is 15.3. The van der Waals surface area contributed by atoms with Crippen LogP contribution in [0.25, 0.3) is 0 Å². The third-order valence-corrected chi connectivity index (χ3v) is 5.63. The first-order chi connectivity index (χ1) is 11.9. The van der Waals surface area contributed by atoms with E-state index in [2.05, 4.69) is 33.1 Å². The fourth-order valence-corrected chi connectivity index (χ4v) is 3.83. The first-order valence-corrected chi connectivity index (χ1v) is 9.80. The van der Waals surface area contributed by atoms with E-state index in [9.17, 15) is 4.79 Å². The van der Waals surface area contributed by atoms with Crippen LogP contribution in [-0.4, -0.2) is 19.0 Å². The lowest BCUT2D eigenvalue weighted by atomic mass is 9.99. The molecule has 0 bridgehead atoms. The van der Waals surface area contributed by atoms with Crippen molar-refractivity contribution in [3.05, 3.63) is 56.5 Å². The molecule has 1 aliphatic rings. The van der Waals surface area contributed by atoms with Crippen LogP contribution in [0.4, 0.5) is 11.4 Å². The number of anilines is 2. The van der Waals surface area contributed by atoms with E-state index in [1.54, 1.807) is 24.3 Å². The molecule has 2 aromatic carbocycles. The number of halogens is 3. The van der Waals surface area contributed by atoms with Crippen LogP contribution >= 0.6 is 39.1 Å². The van der Waals surface area contributed by atoms with Crippen molar-refractivity contribution in [2.24, 2.45) is 5.92 Å². The van der Waals surface area contributed by atoms with E-state index in [1.807, 2.05) is 12.1 Å². The Morgan fingerprint density at radius 2 is 1.84 bits per heavy atom. The molecule has 1 aliphatic heterocycles. The largest absolute Gasteiger partial charge is 0.370 e. The molecule has 3 nitrogen and oxygen atoms in total. The maximum atomic E-state index is 12.5. The quantitative estimate of drug-likeness (QED) is 0.610. The van der Waals surface area contributed by atoms with Gasteiger partial charge in [-0.1, -0.05) is 46.1 Å². The second-order valence-corrected chi connectivity index (χ2v) is 8.14. The topological polar surface area (TPSA) is 32.3 Å². The lowest BCUT2D eigenvalue weighted by molar-refractivity contribution is 0.102. The number of carbonyl (C=O) groups excluding carboxylic acids is 1. The molecule has 1 heterocycles. The van der Waals surface area contributed by atoms with Crippen LogP contribution in [0.15, 0.2) is 40.9 Å². The van der Waals surface area contributed by atoms with Gasteiger partial charge in [-0.3, -0.25) is 4.79 Å². The number of piperidine rings is 1. The molecule has 1 saturated heterocycles. The molecule has 0 aromatic heterocycles. The highest BCUT2D eigenvalue weighted by Crippen LogP contribution is 2.32. The van der Waals surface area contributed by atoms with Gasteiger partial charge in [0.25, 0.3) is 5.91 Å². The molecule has 25 heavy (non-hydrogen) atoms. The summed E-state index contributed by atoms with van der Waals surface area (Å²) in [5.41, 5.74) is 2.09. The first kappa shape index (κ1) is 18.6. The monoisotopic (exact) mass is 440 g/mol. The molecule has 0 unspecified atom stereocenters. The number of hydrogen-bond acceptors (Lipinski definition) is 2. The maximum Gasteiger partial charge on any atom is 0.257 e. The molecule has 0 saturated carbocycles. The summed E-state index contributed by atoms with van der Waals surface area (Å²) in [6.45, 7) is 4.31. The summed E-state index contributed by atoms with van der Waals surface area (Å²) < 4.78 is 0.801. The number of benzene rings is 2. The predicted molar refractivity (Wildman–Crippen MR) is 109 cm³/mol. The van der Waals surface area contributed by atoms with Crippen molar-refractivity contribution in [3.63, 3.8) is 0 Å². The zero-order chi connectivity index (χ0) is 18.0. The highest BCUT2D eigenvalue weighted by molar-refractivity contribution is 9.10. The molecule has 3 rings (SSSR count). The van der Waals surface area contributed by atoms with Gasteiger partial charge in [0.2, 0.25) is 0 Å². The number of amides is 1. The zero-order valence-electron chi connectivity index (χ0n) is 13.9. The van der Waals surface area contributed by atoms with Gasteiger partial charge in [-0.25, -0.2) is 0 Å². The Balaban J connectivity index is 1.74. The van der Waals surface area contributed by atoms with Crippen molar-refractivity contribution in [2.45, 2.75) is 19.8 Å². The van der Waals surface area contributed by atoms with Gasteiger partial charge >= 0.3 is 0 Å². The molecule has 2 aromatic rings. The van der Waals surface area contributed by atoms with Gasteiger partial charge in [0.15, 0.2) is 0 Å². The molecule has 1 amide bonds. The lowest BCUT2D eigenvalue weighted by Gasteiger charge is -2.32. The molecule has 6 heteroatoms. The number of carbonyl (C=O) groups is 1. The first-order valence-electron chi connectivity index (χ1n) is 8.25. The number of nitrogens with zero attached hydrogens (tertiary/aromatic N) is 1. The lowest BCUT2D eigenvalue weighted by Crippen LogP contribution is -2.32. The Hall–Kier alpha value is -1.23. The summed E-state index contributed by atoms with van der Waals surface area (Å²) in [5.74, 6) is 0.505. The standard InChI is InChI=1S/C19H19BrCl2N2O/c1-12-6-8-24(9-7-12)18-5-3-14(11-17(18)22)23-19(25)15-10-13(20)2-4-16(15)21/h2-5,10-12H,6-9H2,1H3,(H,23,25). The van der Waals surface area contributed by atoms with Crippen LogP contribution in [0.5, 0.6) is 0 Å². The van der Waals surface area contributed by atoms with Gasteiger partial charge < -0.3 is 10.2 Å². The third-order valence-electron chi connectivity index (χ3n) is 4.50. The SMILES string of the molecule is CC1CCN(c2ccc(NC(=O)c3cc(Br)ccc3Cl)cc2Cl)CC1. The van der Waals surface area contributed by atoms with Crippen molar-refractivity contribution in [2.75, 3.05) is 23.3 Å². The number of rotatable bonds is 3. The predicted octanol–water partition coefficient (Wildman–Crippen LogP) is 6.24. The average Bonchev–Trinajstić information content (AvgIpc) is 2.58. The molecule has 1 fully saturated rings. The van der Waals surface area contributed by atoms with Crippen molar-refractivity contribution >= 4 is 56.4 Å². The minimum atomic E-state index is -0.262. The van der Waals surface area contributed by atoms with Gasteiger partial charge in [-0.2, -0.15) is 0 Å². The van der Waals surface area contributed by atoms with Gasteiger partial charge in [-0.05, 0) is 55.2 Å². The van der Waals surface area contributed by atoms with Crippen LogP contribution < -0.4 is 10.2 Å². The summed E-state index contributed by atoms with van der Waals surface area (Å²) >= 11 is 15.9. The average molecular weight is 442 g/mol. The van der Waals surface area contributed by atoms with Crippen LogP contribution in [0.3, 0.4) is 0 Å². The molecule has 1 N–H and O–H groups in total. The van der Waals surface area contributed by atoms with Crippen LogP contribution in [0, 0.1) is 5.92 Å². The van der Waals surface area contributed by atoms with E-state index < -0.39 is 0 Å². The summed E-state index contributed by atoms with van der Waals surface area (Å²) in [6, 6.07) is 10.8. The summed E-state index contributed by atoms with van der Waals surface area (Å²) in [6.07, 6.45) is 2.35. The van der Waals surface area contributed by atoms with Crippen molar-refractivity contribution in [1.82, 2.24) is 0 Å². The fourth-order valence-electron chi connectivity index (χ4n) is 2.96.